The van der Waals surface area contributed by atoms with E-state index in [1.807, 2.05) is 75.5 Å². The van der Waals surface area contributed by atoms with E-state index in [0.29, 0.717) is 165 Å². The number of rotatable bonds is 57. The number of carbonyl (C=O) groups is 10. The number of aliphatic hydroxyl groups is 6. The number of amides is 10. The van der Waals surface area contributed by atoms with Crippen molar-refractivity contribution in [3.05, 3.63) is 55.8 Å². The number of unbranched alkanes of at least 4 members (excludes halogenated alkanes) is 11. The van der Waals surface area contributed by atoms with Crippen LogP contribution in [0.5, 0.6) is 0 Å². The van der Waals surface area contributed by atoms with Crippen LogP contribution < -0.4 is 53.2 Å². The molecule has 798 valence electrons. The van der Waals surface area contributed by atoms with Gasteiger partial charge in [-0.2, -0.15) is 35.3 Å². The molecular formula is C96H144N24O22S3. The van der Waals surface area contributed by atoms with Crippen molar-refractivity contribution in [1.82, 2.24) is 101 Å². The fraction of sp³-hybridized carbons (Fsp3) is 0.688. The summed E-state index contributed by atoms with van der Waals surface area (Å²) in [6.45, 7) is 4.61. The minimum absolute atomic E-state index is 0.0334. The van der Waals surface area contributed by atoms with Crippen molar-refractivity contribution in [2.75, 3.05) is 108 Å². The number of carbonyl (C=O) groups excluding carboxylic acids is 7. The van der Waals surface area contributed by atoms with E-state index >= 15 is 0 Å². The average molecular weight is 2080 g/mol. The molecule has 19 N–H and O–H groups in total. The van der Waals surface area contributed by atoms with Crippen LogP contribution in [-0.4, -0.2) is 381 Å². The molecule has 49 heteroatoms. The Kier molecular flexibility index (Phi) is 43.5. The second-order valence-corrected chi connectivity index (χ2v) is 42.6. The maximum Gasteiger partial charge on any atom is 0.315 e. The predicted molar refractivity (Wildman–Crippen MR) is 546 cm³/mol. The van der Waals surface area contributed by atoms with Crippen molar-refractivity contribution in [3.8, 4) is 0 Å². The molecule has 46 nitrogen and oxygen atoms in total. The van der Waals surface area contributed by atoms with Gasteiger partial charge in [-0.3, -0.25) is 38.6 Å². The summed E-state index contributed by atoms with van der Waals surface area (Å²) in [5, 5.41) is 124. The summed E-state index contributed by atoms with van der Waals surface area (Å²) in [4.78, 5) is 157. The number of aliphatic hydroxyl groups excluding tert-OH is 6. The number of aliphatic imine (C=N–C) groups is 2. The molecule has 0 aliphatic carbocycles. The van der Waals surface area contributed by atoms with Crippen molar-refractivity contribution in [3.63, 3.8) is 0 Å². The molecule has 6 aromatic heterocycles. The number of carboxylic acid groups (broad SMARTS) is 3. The van der Waals surface area contributed by atoms with Crippen LogP contribution in [0.4, 0.5) is 31.8 Å². The van der Waals surface area contributed by atoms with Gasteiger partial charge in [-0.25, -0.2) is 49.3 Å². The highest BCUT2D eigenvalue weighted by Crippen LogP contribution is 2.41. The third-order valence-corrected chi connectivity index (χ3v) is 32.1. The molecule has 145 heavy (non-hydrogen) atoms. The molecule has 15 rings (SSSR count). The highest BCUT2D eigenvalue weighted by atomic mass is 32.2. The summed E-state index contributed by atoms with van der Waals surface area (Å²) in [7, 11) is 5.44. The van der Waals surface area contributed by atoms with E-state index in [4.69, 9.17) is 29.5 Å². The highest BCUT2D eigenvalue weighted by Gasteiger charge is 2.50. The van der Waals surface area contributed by atoms with Crippen LogP contribution in [-0.2, 0) is 47.8 Å². The summed E-state index contributed by atoms with van der Waals surface area (Å²) in [6.07, 6.45) is 22.9. The number of ether oxygens (including phenoxy) is 3. The van der Waals surface area contributed by atoms with Gasteiger partial charge in [0.15, 0.2) is 24.5 Å². The molecule has 9 saturated heterocycles. The fourth-order valence-electron chi connectivity index (χ4n) is 19.8. The van der Waals surface area contributed by atoms with Crippen LogP contribution in [0.15, 0.2) is 65.8 Å². The highest BCUT2D eigenvalue weighted by molar-refractivity contribution is 8.00. The molecule has 0 spiro atoms. The topological polar surface area (TPSA) is 627 Å². The lowest BCUT2D eigenvalue weighted by Crippen LogP contribution is -2.38. The van der Waals surface area contributed by atoms with Crippen molar-refractivity contribution in [1.29, 1.82) is 0 Å². The second kappa shape index (κ2) is 56.3. The molecule has 9 aliphatic rings. The summed E-state index contributed by atoms with van der Waals surface area (Å²) in [5.74, 6) is 1.25. The Bertz CT molecular complexity index is 5320. The Labute approximate surface area is 854 Å². The van der Waals surface area contributed by atoms with Gasteiger partial charge < -0.3 is 142 Å². The number of urea groups is 3. The van der Waals surface area contributed by atoms with Gasteiger partial charge in [-0.1, -0.05) is 32.1 Å². The number of hydrogen-bond donors (Lipinski definition) is 19. The van der Waals surface area contributed by atoms with Crippen LogP contribution in [0, 0.1) is 0 Å². The van der Waals surface area contributed by atoms with Gasteiger partial charge in [0.1, 0.15) is 102 Å². The normalized spacial score (nSPS) is 26.5. The molecule has 9 fully saturated rings. The first kappa shape index (κ1) is 112. The number of fused-ring (bicyclic) bond motifs is 6. The fourth-order valence-corrected chi connectivity index (χ4v) is 24.4. The molecule has 9 aliphatic heterocycles. The molecule has 21 atom stereocenters. The Morgan fingerprint density at radius 2 is 0.752 bits per heavy atom. The van der Waals surface area contributed by atoms with E-state index in [0.717, 1.165) is 145 Å². The number of nitrogens with zero attached hydrogens (tertiary/aromatic N) is 14. The monoisotopic (exact) mass is 2080 g/mol. The largest absolute Gasteiger partial charge is 0.481 e. The van der Waals surface area contributed by atoms with E-state index in [9.17, 15) is 78.6 Å². The maximum absolute atomic E-state index is 12.7. The van der Waals surface area contributed by atoms with Crippen molar-refractivity contribution in [2.45, 2.75) is 318 Å². The van der Waals surface area contributed by atoms with Crippen LogP contribution in [0.25, 0.3) is 33.1 Å². The predicted octanol–water partition coefficient (Wildman–Crippen LogP) is 5.28. The van der Waals surface area contributed by atoms with Crippen molar-refractivity contribution >= 4 is 158 Å². The van der Waals surface area contributed by atoms with E-state index in [2.05, 4.69) is 93.1 Å². The minimum Gasteiger partial charge on any atom is -0.481 e. The van der Waals surface area contributed by atoms with E-state index < -0.39 is 91.5 Å². The molecule has 15 heterocycles. The zero-order chi connectivity index (χ0) is 103. The van der Waals surface area contributed by atoms with Gasteiger partial charge in [0.2, 0.25) is 23.6 Å². The molecule has 0 radical (unpaired) electrons. The standard InChI is InChI=1S/C38H59N9O7S.C32H48N8O8S.C26H37N7O7S/c1-46(21-12-15-31(49)50)23-28-33(51)34(52)37(54-28)47-22-16-26-35(42-25-43-36(26)47)41-20-10-4-2-3-8-17-39-18-9-5-11-19-40-30(48)14-7-6-13-29-32-27(24-55-29)44-38(53)45-32;1-39(14-7-11-25(43)44)16-21-27(45)28(46)31(48-21)40-15-12-19-29(34-18-35-30(19)40)37-24(42)10-3-2-6-13-33-23(41)9-5-4-8-22-26-20(17-49-22)36-32(47)38-26;1-32(9-4-7-19(35)36)11-16-21(37)22(38)25(40-16)33-10-8-14-23(27-13-28-24(14)33)30-18(34)6-3-2-5-17-20-15(12-41-17)29-26(39)31-20/h16-17,20,22,25,27-29,32-34,37,51-52H,2-15,18-19,21,23-24H2,1H3,(H,40,48)(H,49,50)(H2,44,45,53);12,15,18,20-22,26-28,31,45-46H,2-11,13-14,16-17H2,1H3,(H,33,41)(H,43,44)(H2,36,38,47)(H,34,35,37,42);8,10,13,15-17,20-22,25,37-38H,2-7,9,11-12H2,1H3,(H,35,36)(H2,29,31,39)(H,27,28,30,34)/t27-,28+,29?,32-,33+,34+,37?;20-,21+,22?,26-,27+,28+,31?;15-,16+,17?,20-,21+,22+,25?/m000/s1. The maximum atomic E-state index is 12.7. The van der Waals surface area contributed by atoms with Crippen LogP contribution in [0.1, 0.15) is 211 Å². The van der Waals surface area contributed by atoms with E-state index in [1.165, 1.54) is 19.0 Å². The number of likely N-dealkylation sites (N-methyl/N-ethyl adjacent to an activating group) is 3. The summed E-state index contributed by atoms with van der Waals surface area (Å²) in [5.41, 5.74) is 1.43. The third-order valence-electron chi connectivity index (χ3n) is 27.6. The van der Waals surface area contributed by atoms with Crippen LogP contribution in [0.3, 0.4) is 0 Å². The second-order valence-electron chi connectivity index (χ2n) is 38.7. The molecular weight excluding hydrogens is 1940 g/mol. The van der Waals surface area contributed by atoms with E-state index in [-0.39, 0.29) is 104 Å². The Morgan fingerprint density at radius 1 is 0.407 bits per heavy atom. The summed E-state index contributed by atoms with van der Waals surface area (Å²) >= 11 is 5.65. The first-order valence-electron chi connectivity index (χ1n) is 50.9. The molecule has 0 aromatic carbocycles. The SMILES string of the molecule is CN(CCCC(=O)O)C[C@H]1OC(n2ccc3c(N=CCCCCCC=NCCCCCNC(=O)CCCCC4SC[C@@H]5NC(=O)N[C@H]45)ncnc32)[C@H](O)[C@@H]1O.CN(CCCC(=O)O)C[C@H]1OC(n2ccc3c(NC(=O)CCCCC4SC[C@@H]5NC(=O)N[C@H]45)ncnc32)[C@H](O)[C@@H]1O.CN(CCCC(=O)O)C[C@H]1OC(n2ccc3c(NC(=O)CCCCCNC(=O)CCCCC4SC[C@@H]5NC(=O)N[C@H]45)ncnc32)[C@H](O)[C@@H]1O. The third kappa shape index (κ3) is 32.4. The molecule has 0 saturated carbocycles. The number of carboxylic acids is 3. The number of anilines is 2. The number of aliphatic carboxylic acids is 3. The summed E-state index contributed by atoms with van der Waals surface area (Å²) < 4.78 is 23.1. The molecule has 0 bridgehead atoms. The quantitative estimate of drug-likeness (QED) is 0.0131. The number of aromatic nitrogens is 9. The van der Waals surface area contributed by atoms with Gasteiger partial charge in [-0.05, 0) is 181 Å². The van der Waals surface area contributed by atoms with Crippen LogP contribution >= 0.6 is 35.3 Å². The average Bonchev–Trinajstić information content (AvgIpc) is 1.62. The van der Waals surface area contributed by atoms with Crippen molar-refractivity contribution in [2.24, 2.45) is 9.98 Å². The van der Waals surface area contributed by atoms with Crippen LogP contribution in [0.2, 0.25) is 0 Å². The lowest BCUT2D eigenvalue weighted by molar-refractivity contribution is -0.138. The first-order chi connectivity index (χ1) is 70.0. The number of hydrogen-bond acceptors (Lipinski definition) is 33. The zero-order valence-electron chi connectivity index (χ0n) is 82.5. The molecule has 10 amide bonds. The Morgan fingerprint density at radius 3 is 1.14 bits per heavy atom. The Balaban J connectivity index is 0.000000184. The van der Waals surface area contributed by atoms with Gasteiger partial charge in [-0.15, -0.1) is 0 Å². The number of nitrogens with one attached hydrogen (secondary N) is 10. The Hall–Kier alpha value is -10.1. The first-order valence-corrected chi connectivity index (χ1v) is 54.1. The molecule has 6 aromatic rings. The van der Waals surface area contributed by atoms with E-state index in [1.54, 1.807) is 58.5 Å². The number of thioether (sulfide) groups is 3. The van der Waals surface area contributed by atoms with Crippen molar-refractivity contribution < 1.29 is 108 Å². The lowest BCUT2D eigenvalue weighted by Gasteiger charge is -2.22. The van der Waals surface area contributed by atoms with Gasteiger partial charge in [0.05, 0.1) is 52.4 Å². The summed E-state index contributed by atoms with van der Waals surface area (Å²) in [6, 6.07) is 6.29. The minimum atomic E-state index is -1.23. The van der Waals surface area contributed by atoms with Gasteiger partial charge >= 0.3 is 36.0 Å². The smallest absolute Gasteiger partial charge is 0.315 e. The van der Waals surface area contributed by atoms with Gasteiger partial charge in [0.25, 0.3) is 0 Å². The molecule has 6 unspecified atom stereocenters. The van der Waals surface area contributed by atoms with Gasteiger partial charge in [0, 0.05) is 142 Å². The lowest BCUT2D eigenvalue weighted by atomic mass is 10.0. The zero-order valence-corrected chi connectivity index (χ0v) is 84.9.